The van der Waals surface area contributed by atoms with E-state index >= 15 is 0 Å². The van der Waals surface area contributed by atoms with Crippen LogP contribution in [0.5, 0.6) is 0 Å². The Kier molecular flexibility index (Phi) is 6.48. The predicted octanol–water partition coefficient (Wildman–Crippen LogP) is 2.47. The smallest absolute Gasteiger partial charge is 0.254 e. The number of aliphatic hydroxyl groups is 1. The summed E-state index contributed by atoms with van der Waals surface area (Å²) in [5.74, 6) is -0.332. The summed E-state index contributed by atoms with van der Waals surface area (Å²) in [6, 6.07) is 6.32. The second kappa shape index (κ2) is 9.46. The maximum Gasteiger partial charge on any atom is 0.254 e. The third kappa shape index (κ3) is 4.15. The number of rotatable bonds is 6. The Morgan fingerprint density at radius 3 is 2.61 bits per heavy atom. The third-order valence-corrected chi connectivity index (χ3v) is 7.99. The average molecular weight is 494 g/mol. The monoisotopic (exact) mass is 493 g/mol. The molecule has 3 heterocycles. The van der Waals surface area contributed by atoms with Crippen LogP contribution in [0.4, 0.5) is 0 Å². The van der Waals surface area contributed by atoms with Gasteiger partial charge in [0.05, 0.1) is 11.0 Å². The molecule has 1 saturated heterocycles. The van der Waals surface area contributed by atoms with E-state index in [9.17, 15) is 14.7 Å². The number of carbonyl (C=O) groups is 2. The van der Waals surface area contributed by atoms with Crippen molar-refractivity contribution in [3.05, 3.63) is 58.0 Å². The van der Waals surface area contributed by atoms with Gasteiger partial charge in [0.15, 0.2) is 5.78 Å². The summed E-state index contributed by atoms with van der Waals surface area (Å²) in [7, 11) is 3.88. The number of benzene rings is 1. The molecule has 0 aromatic heterocycles. The van der Waals surface area contributed by atoms with Gasteiger partial charge in [-0.3, -0.25) is 19.9 Å². The Bertz CT molecular complexity index is 1180. The van der Waals surface area contributed by atoms with Crippen molar-refractivity contribution in [1.82, 2.24) is 20.1 Å². The Morgan fingerprint density at radius 2 is 1.92 bits per heavy atom. The zero-order valence-electron chi connectivity index (χ0n) is 21.5. The number of fused-ring (bicyclic) bond motifs is 2. The summed E-state index contributed by atoms with van der Waals surface area (Å²) in [6.07, 6.45) is 1.99. The van der Waals surface area contributed by atoms with Gasteiger partial charge < -0.3 is 19.6 Å². The number of likely N-dealkylation sites (N-methyl/N-ethyl adjacent to an activating group) is 1. The number of amides is 1. The number of methoxy groups -OCH3 is 1. The fourth-order valence-corrected chi connectivity index (χ4v) is 5.71. The second-order valence-corrected chi connectivity index (χ2v) is 10.4. The van der Waals surface area contributed by atoms with E-state index < -0.39 is 5.41 Å². The Balaban J connectivity index is 1.33. The van der Waals surface area contributed by atoms with Gasteiger partial charge in [0.1, 0.15) is 17.7 Å². The highest BCUT2D eigenvalue weighted by Crippen LogP contribution is 2.43. The molecule has 2 atom stereocenters. The topological polar surface area (TPSA) is 97.7 Å². The summed E-state index contributed by atoms with van der Waals surface area (Å²) in [5, 5.41) is 15.0. The van der Waals surface area contributed by atoms with Crippen LogP contribution in [0, 0.1) is 5.41 Å². The molecule has 1 fully saturated rings. The SMILES string of the molecule is CCC(=O)C1=NNC2=CC(O)=C(C(=O)N3Cc4ccc(C(OC)N5CCN(C)CC5)cc4C3)CC21C. The van der Waals surface area contributed by atoms with Gasteiger partial charge in [-0.05, 0) is 43.1 Å². The van der Waals surface area contributed by atoms with Crippen LogP contribution in [0.25, 0.3) is 0 Å². The number of carbonyl (C=O) groups excluding carboxylic acids is 2. The number of hydrogen-bond donors (Lipinski definition) is 2. The standard InChI is InChI=1S/C27H35N5O4/c1-5-21(33)24-27(2)14-20(22(34)13-23(27)28-29-24)25(35)32-15-18-7-6-17(12-19(18)16-32)26(36-4)31-10-8-30(3)9-11-31/h6-7,12-13,26,28,34H,5,8-11,14-16H2,1-4H3. The zero-order chi connectivity index (χ0) is 25.6. The number of allylic oxidation sites excluding steroid dienone is 2. The van der Waals surface area contributed by atoms with Gasteiger partial charge in [-0.2, -0.15) is 5.10 Å². The van der Waals surface area contributed by atoms with Crippen molar-refractivity contribution in [3.8, 4) is 0 Å². The quantitative estimate of drug-likeness (QED) is 0.628. The van der Waals surface area contributed by atoms with Crippen LogP contribution in [-0.4, -0.2) is 77.5 Å². The van der Waals surface area contributed by atoms with Crippen LogP contribution in [0.2, 0.25) is 0 Å². The zero-order valence-corrected chi connectivity index (χ0v) is 21.5. The van der Waals surface area contributed by atoms with Gasteiger partial charge in [0.2, 0.25) is 0 Å². The molecule has 0 bridgehead atoms. The molecule has 5 rings (SSSR count). The van der Waals surface area contributed by atoms with E-state index in [1.165, 1.54) is 6.08 Å². The normalized spacial score (nSPS) is 25.2. The lowest BCUT2D eigenvalue weighted by Crippen LogP contribution is -2.46. The van der Waals surface area contributed by atoms with Crippen molar-refractivity contribution in [2.75, 3.05) is 40.3 Å². The molecule has 36 heavy (non-hydrogen) atoms. The van der Waals surface area contributed by atoms with Crippen molar-refractivity contribution in [3.63, 3.8) is 0 Å². The second-order valence-electron chi connectivity index (χ2n) is 10.4. The molecule has 9 heteroatoms. The molecule has 0 radical (unpaired) electrons. The van der Waals surface area contributed by atoms with Crippen molar-refractivity contribution in [1.29, 1.82) is 0 Å². The molecular formula is C27H35N5O4. The van der Waals surface area contributed by atoms with Crippen LogP contribution in [0.3, 0.4) is 0 Å². The molecule has 0 saturated carbocycles. The molecule has 0 spiro atoms. The fraction of sp³-hybridized carbons (Fsp3) is 0.519. The fourth-order valence-electron chi connectivity index (χ4n) is 5.71. The lowest BCUT2D eigenvalue weighted by molar-refractivity contribution is -0.128. The van der Waals surface area contributed by atoms with Crippen LogP contribution in [0.15, 0.2) is 46.4 Å². The minimum Gasteiger partial charge on any atom is -0.507 e. The summed E-state index contributed by atoms with van der Waals surface area (Å²) >= 11 is 0. The van der Waals surface area contributed by atoms with Gasteiger partial charge in [-0.25, -0.2) is 0 Å². The van der Waals surface area contributed by atoms with Crippen molar-refractivity contribution < 1.29 is 19.4 Å². The van der Waals surface area contributed by atoms with E-state index in [1.54, 1.807) is 18.9 Å². The summed E-state index contributed by atoms with van der Waals surface area (Å²) in [5.41, 5.74) is 6.82. The number of hydrogen-bond acceptors (Lipinski definition) is 8. The minimum atomic E-state index is -0.738. The summed E-state index contributed by atoms with van der Waals surface area (Å²) < 4.78 is 5.88. The van der Waals surface area contributed by atoms with Crippen LogP contribution in [0.1, 0.15) is 49.6 Å². The molecule has 1 aromatic rings. The first-order chi connectivity index (χ1) is 17.2. The Hall–Kier alpha value is -3.01. The Labute approximate surface area is 212 Å². The van der Waals surface area contributed by atoms with Gasteiger partial charge in [0, 0.05) is 64.6 Å². The van der Waals surface area contributed by atoms with Crippen LogP contribution in [-0.2, 0) is 27.4 Å². The minimum absolute atomic E-state index is 0.0595. The number of aliphatic hydroxyl groups excluding tert-OH is 1. The highest BCUT2D eigenvalue weighted by Gasteiger charge is 2.47. The maximum absolute atomic E-state index is 13.6. The van der Waals surface area contributed by atoms with E-state index in [0.29, 0.717) is 36.5 Å². The van der Waals surface area contributed by atoms with E-state index in [0.717, 1.165) is 42.9 Å². The molecule has 1 amide bonds. The number of ether oxygens (including phenoxy) is 1. The summed E-state index contributed by atoms with van der Waals surface area (Å²) in [6.45, 7) is 8.55. The number of piperazine rings is 1. The van der Waals surface area contributed by atoms with Gasteiger partial charge in [-0.15, -0.1) is 0 Å². The molecular weight excluding hydrogens is 458 g/mol. The molecule has 9 nitrogen and oxygen atoms in total. The number of nitrogens with one attached hydrogen (secondary N) is 1. The van der Waals surface area contributed by atoms with Crippen LogP contribution < -0.4 is 5.43 Å². The first-order valence-electron chi connectivity index (χ1n) is 12.6. The maximum atomic E-state index is 13.6. The molecule has 2 N–H and O–H groups in total. The number of nitrogens with zero attached hydrogens (tertiary/aromatic N) is 4. The van der Waals surface area contributed by atoms with Gasteiger partial charge >= 0.3 is 0 Å². The molecule has 3 aliphatic heterocycles. The van der Waals surface area contributed by atoms with E-state index in [1.807, 2.05) is 6.92 Å². The highest BCUT2D eigenvalue weighted by molar-refractivity contribution is 6.43. The molecule has 2 unspecified atom stereocenters. The summed E-state index contributed by atoms with van der Waals surface area (Å²) in [4.78, 5) is 32.5. The highest BCUT2D eigenvalue weighted by atomic mass is 16.5. The van der Waals surface area contributed by atoms with E-state index in [2.05, 4.69) is 45.6 Å². The lowest BCUT2D eigenvalue weighted by atomic mass is 9.72. The van der Waals surface area contributed by atoms with Crippen molar-refractivity contribution >= 4 is 17.4 Å². The average Bonchev–Trinajstić information content (AvgIpc) is 3.45. The lowest BCUT2D eigenvalue weighted by Gasteiger charge is -2.37. The number of hydrazone groups is 1. The predicted molar refractivity (Wildman–Crippen MR) is 136 cm³/mol. The van der Waals surface area contributed by atoms with E-state index in [-0.39, 0.29) is 30.1 Å². The molecule has 4 aliphatic rings. The number of Topliss-reactive ketones (excluding diaryl/α,β-unsaturated/α-hetero) is 1. The number of ketones is 1. The van der Waals surface area contributed by atoms with E-state index in [4.69, 9.17) is 4.74 Å². The van der Waals surface area contributed by atoms with Gasteiger partial charge in [0.25, 0.3) is 5.91 Å². The largest absolute Gasteiger partial charge is 0.507 e. The molecule has 1 aliphatic carbocycles. The first kappa shape index (κ1) is 24.7. The Morgan fingerprint density at radius 1 is 1.19 bits per heavy atom. The first-order valence-corrected chi connectivity index (χ1v) is 12.6. The van der Waals surface area contributed by atoms with Crippen LogP contribution >= 0.6 is 0 Å². The molecule has 1 aromatic carbocycles. The third-order valence-electron chi connectivity index (χ3n) is 7.99. The van der Waals surface area contributed by atoms with Gasteiger partial charge in [-0.1, -0.05) is 19.1 Å². The van der Waals surface area contributed by atoms with Crippen molar-refractivity contribution in [2.45, 2.75) is 46.0 Å². The van der Waals surface area contributed by atoms with Crippen molar-refractivity contribution in [2.24, 2.45) is 10.5 Å². The molecule has 192 valence electrons.